The van der Waals surface area contributed by atoms with Gasteiger partial charge in [0.1, 0.15) is 5.82 Å². The van der Waals surface area contributed by atoms with Gasteiger partial charge in [-0.2, -0.15) is 5.10 Å². The molecule has 0 saturated heterocycles. The summed E-state index contributed by atoms with van der Waals surface area (Å²) >= 11 is 0. The van der Waals surface area contributed by atoms with E-state index in [9.17, 15) is 9.18 Å². The van der Waals surface area contributed by atoms with Crippen LogP contribution < -0.4 is 0 Å². The van der Waals surface area contributed by atoms with Gasteiger partial charge in [0.15, 0.2) is 0 Å². The number of benzene rings is 2. The molecule has 0 radical (unpaired) electrons. The summed E-state index contributed by atoms with van der Waals surface area (Å²) in [5.74, 6) is -0.287. The van der Waals surface area contributed by atoms with Crippen molar-refractivity contribution in [3.63, 3.8) is 0 Å². The van der Waals surface area contributed by atoms with Crippen LogP contribution in [-0.4, -0.2) is 40.7 Å². The molecule has 0 bridgehead atoms. The zero-order chi connectivity index (χ0) is 21.1. The predicted molar refractivity (Wildman–Crippen MR) is 115 cm³/mol. The number of carbonyl (C=O) groups is 1. The summed E-state index contributed by atoms with van der Waals surface area (Å²) in [6, 6.07) is 12.8. The van der Waals surface area contributed by atoms with Crippen LogP contribution in [0.3, 0.4) is 0 Å². The number of halogens is 1. The summed E-state index contributed by atoms with van der Waals surface area (Å²) in [6.45, 7) is 11.5. The van der Waals surface area contributed by atoms with Crippen molar-refractivity contribution in [1.82, 2.24) is 9.91 Å². The van der Waals surface area contributed by atoms with E-state index in [1.165, 1.54) is 12.1 Å². The van der Waals surface area contributed by atoms with Gasteiger partial charge in [-0.15, -0.1) is 0 Å². The molecular weight excluding hydrogens is 365 g/mol. The topological polar surface area (TPSA) is 35.9 Å². The highest BCUT2D eigenvalue weighted by Crippen LogP contribution is 2.35. The number of amides is 1. The Bertz CT molecular complexity index is 905. The number of aryl methyl sites for hydroxylation is 2. The van der Waals surface area contributed by atoms with Crippen LogP contribution in [0.25, 0.3) is 0 Å². The maximum atomic E-state index is 13.4. The van der Waals surface area contributed by atoms with Crippen LogP contribution in [0, 0.1) is 19.7 Å². The summed E-state index contributed by atoms with van der Waals surface area (Å²) in [6.07, 6.45) is 0.621. The standard InChI is InChI=1S/C24H30FN3O/c1-6-27(16(2)3)15-24(29)28-23(21-13-17(4)7-8-18(21)5)14-22(26-28)19-9-11-20(25)12-10-19/h7-13,16,23H,6,14-15H2,1-5H3. The number of hydrazone groups is 1. The third-order valence-corrected chi connectivity index (χ3v) is 5.61. The van der Waals surface area contributed by atoms with Crippen molar-refractivity contribution in [2.24, 2.45) is 5.10 Å². The second-order valence-corrected chi connectivity index (χ2v) is 8.03. The van der Waals surface area contributed by atoms with Gasteiger partial charge in [-0.05, 0) is 63.1 Å². The van der Waals surface area contributed by atoms with Crippen molar-refractivity contribution >= 4 is 11.6 Å². The van der Waals surface area contributed by atoms with E-state index in [0.29, 0.717) is 13.0 Å². The van der Waals surface area contributed by atoms with Crippen molar-refractivity contribution in [1.29, 1.82) is 0 Å². The average Bonchev–Trinajstić information content (AvgIpc) is 3.13. The van der Waals surface area contributed by atoms with E-state index >= 15 is 0 Å². The number of hydrogen-bond donors (Lipinski definition) is 0. The number of carbonyl (C=O) groups excluding carboxylic acids is 1. The molecule has 0 fully saturated rings. The Balaban J connectivity index is 1.96. The molecule has 1 unspecified atom stereocenters. The highest BCUT2D eigenvalue weighted by molar-refractivity contribution is 6.03. The second-order valence-electron chi connectivity index (χ2n) is 8.03. The molecule has 3 rings (SSSR count). The Morgan fingerprint density at radius 2 is 1.90 bits per heavy atom. The molecule has 0 N–H and O–H groups in total. The SMILES string of the molecule is CCN(CC(=O)N1N=C(c2ccc(F)cc2)CC1c1cc(C)ccc1C)C(C)C. The Morgan fingerprint density at radius 3 is 2.52 bits per heavy atom. The molecule has 2 aromatic rings. The van der Waals surface area contributed by atoms with Crippen LogP contribution in [-0.2, 0) is 4.79 Å². The fraction of sp³-hybridized carbons (Fsp3) is 0.417. The van der Waals surface area contributed by atoms with Crippen LogP contribution >= 0.6 is 0 Å². The van der Waals surface area contributed by atoms with Gasteiger partial charge in [0.25, 0.3) is 5.91 Å². The molecule has 1 heterocycles. The monoisotopic (exact) mass is 395 g/mol. The summed E-state index contributed by atoms with van der Waals surface area (Å²) in [5, 5.41) is 6.36. The van der Waals surface area contributed by atoms with E-state index in [4.69, 9.17) is 5.10 Å². The van der Waals surface area contributed by atoms with Crippen LogP contribution in [0.1, 0.15) is 55.5 Å². The zero-order valence-electron chi connectivity index (χ0n) is 17.9. The third-order valence-electron chi connectivity index (χ3n) is 5.61. The third kappa shape index (κ3) is 4.73. The van der Waals surface area contributed by atoms with E-state index in [1.54, 1.807) is 17.1 Å². The molecule has 4 nitrogen and oxygen atoms in total. The maximum Gasteiger partial charge on any atom is 0.257 e. The van der Waals surface area contributed by atoms with Gasteiger partial charge in [0.2, 0.25) is 0 Å². The maximum absolute atomic E-state index is 13.4. The van der Waals surface area contributed by atoms with Crippen molar-refractivity contribution in [3.05, 3.63) is 70.5 Å². The van der Waals surface area contributed by atoms with E-state index in [0.717, 1.165) is 34.5 Å². The first kappa shape index (κ1) is 21.2. The van der Waals surface area contributed by atoms with Crippen molar-refractivity contribution in [3.8, 4) is 0 Å². The van der Waals surface area contributed by atoms with Gasteiger partial charge >= 0.3 is 0 Å². The fourth-order valence-corrected chi connectivity index (χ4v) is 3.82. The van der Waals surface area contributed by atoms with Gasteiger partial charge < -0.3 is 0 Å². The zero-order valence-corrected chi connectivity index (χ0v) is 17.9. The number of nitrogens with zero attached hydrogens (tertiary/aromatic N) is 3. The summed E-state index contributed by atoms with van der Waals surface area (Å²) in [5.41, 5.74) is 5.09. The molecule has 0 saturated carbocycles. The highest BCUT2D eigenvalue weighted by Gasteiger charge is 2.34. The molecular formula is C24H30FN3O. The van der Waals surface area contributed by atoms with Crippen LogP contribution in [0.4, 0.5) is 4.39 Å². The molecule has 0 aliphatic carbocycles. The van der Waals surface area contributed by atoms with Crippen LogP contribution in [0.15, 0.2) is 47.6 Å². The fourth-order valence-electron chi connectivity index (χ4n) is 3.82. The lowest BCUT2D eigenvalue weighted by atomic mass is 9.94. The quantitative estimate of drug-likeness (QED) is 0.701. The van der Waals surface area contributed by atoms with Gasteiger partial charge in [-0.1, -0.05) is 42.8 Å². The number of hydrogen-bond acceptors (Lipinski definition) is 3. The lowest BCUT2D eigenvalue weighted by Crippen LogP contribution is -2.41. The first-order valence-corrected chi connectivity index (χ1v) is 10.3. The first-order valence-electron chi connectivity index (χ1n) is 10.3. The van der Waals surface area contributed by atoms with Gasteiger partial charge in [-0.3, -0.25) is 9.69 Å². The molecule has 0 spiro atoms. The van der Waals surface area contributed by atoms with Crippen molar-refractivity contribution in [2.45, 2.75) is 53.1 Å². The number of likely N-dealkylation sites (N-methyl/N-ethyl adjacent to an activating group) is 1. The molecule has 0 aromatic heterocycles. The minimum atomic E-state index is -0.276. The van der Waals surface area contributed by atoms with Crippen LogP contribution in [0.2, 0.25) is 0 Å². The van der Waals surface area contributed by atoms with Gasteiger partial charge in [-0.25, -0.2) is 9.40 Å². The Morgan fingerprint density at radius 1 is 1.21 bits per heavy atom. The van der Waals surface area contributed by atoms with E-state index < -0.39 is 0 Å². The minimum absolute atomic E-state index is 0.0106. The summed E-state index contributed by atoms with van der Waals surface area (Å²) in [4.78, 5) is 15.4. The van der Waals surface area contributed by atoms with Gasteiger partial charge in [0.05, 0.1) is 18.3 Å². The highest BCUT2D eigenvalue weighted by atomic mass is 19.1. The predicted octanol–water partition coefficient (Wildman–Crippen LogP) is 4.85. The summed E-state index contributed by atoms with van der Waals surface area (Å²) < 4.78 is 13.4. The molecule has 1 aliphatic heterocycles. The molecule has 1 aliphatic rings. The second kappa shape index (κ2) is 8.87. The van der Waals surface area contributed by atoms with E-state index in [2.05, 4.69) is 57.7 Å². The smallest absolute Gasteiger partial charge is 0.257 e. The number of rotatable bonds is 6. The molecule has 1 atom stereocenters. The average molecular weight is 396 g/mol. The summed E-state index contributed by atoms with van der Waals surface area (Å²) in [7, 11) is 0. The minimum Gasteiger partial charge on any atom is -0.292 e. The molecule has 5 heteroatoms. The van der Waals surface area contributed by atoms with E-state index in [-0.39, 0.29) is 23.8 Å². The Kier molecular flexibility index (Phi) is 6.48. The van der Waals surface area contributed by atoms with Crippen LogP contribution in [0.5, 0.6) is 0 Å². The molecule has 29 heavy (non-hydrogen) atoms. The Labute approximate surface area is 173 Å². The molecule has 1 amide bonds. The lowest BCUT2D eigenvalue weighted by Gasteiger charge is -2.29. The molecule has 2 aromatic carbocycles. The van der Waals surface area contributed by atoms with Gasteiger partial charge in [0, 0.05) is 12.5 Å². The van der Waals surface area contributed by atoms with Crippen molar-refractivity contribution in [2.75, 3.05) is 13.1 Å². The molecule has 154 valence electrons. The normalized spacial score (nSPS) is 16.6. The van der Waals surface area contributed by atoms with Crippen molar-refractivity contribution < 1.29 is 9.18 Å². The Hall–Kier alpha value is -2.53. The lowest BCUT2D eigenvalue weighted by molar-refractivity contribution is -0.134. The largest absolute Gasteiger partial charge is 0.292 e. The first-order chi connectivity index (χ1) is 13.8. The van der Waals surface area contributed by atoms with E-state index in [1.807, 2.05) is 0 Å².